The fourth-order valence-corrected chi connectivity index (χ4v) is 4.82. The molecule has 1 aromatic carbocycles. The lowest BCUT2D eigenvalue weighted by molar-refractivity contribution is -0.130. The van der Waals surface area contributed by atoms with Gasteiger partial charge in [-0.1, -0.05) is 26.0 Å². The molecule has 2 atom stereocenters. The summed E-state index contributed by atoms with van der Waals surface area (Å²) in [6.45, 7) is 6.01. The Morgan fingerprint density at radius 3 is 2.91 bits per heavy atom. The van der Waals surface area contributed by atoms with Gasteiger partial charge >= 0.3 is 0 Å². The van der Waals surface area contributed by atoms with Gasteiger partial charge in [0.2, 0.25) is 5.91 Å². The van der Waals surface area contributed by atoms with Gasteiger partial charge in [-0.2, -0.15) is 0 Å². The van der Waals surface area contributed by atoms with Gasteiger partial charge in [0.05, 0.1) is 29.0 Å². The van der Waals surface area contributed by atoms with Crippen LogP contribution in [0.5, 0.6) is 0 Å². The van der Waals surface area contributed by atoms with Gasteiger partial charge in [0.1, 0.15) is 5.82 Å². The number of imidazole rings is 2. The topological polar surface area (TPSA) is 88.6 Å². The molecule has 3 aromatic heterocycles. The number of rotatable bonds is 7. The largest absolute Gasteiger partial charge is 0.391 e. The first kappa shape index (κ1) is 21.6. The molecule has 5 rings (SSSR count). The number of hydrogen-bond acceptors (Lipinski definition) is 5. The number of carbonyl (C=O) groups excluding carboxylic acids is 1. The lowest BCUT2D eigenvalue weighted by atomic mass is 10.0. The number of fused-ring (bicyclic) bond motifs is 2. The summed E-state index contributed by atoms with van der Waals surface area (Å²) in [5.41, 5.74) is 3.81. The first-order valence-electron chi connectivity index (χ1n) is 11.7. The molecule has 1 fully saturated rings. The van der Waals surface area contributed by atoms with Gasteiger partial charge in [-0.15, -0.1) is 0 Å². The van der Waals surface area contributed by atoms with E-state index >= 15 is 0 Å². The summed E-state index contributed by atoms with van der Waals surface area (Å²) >= 11 is 0. The zero-order valence-electron chi connectivity index (χ0n) is 19.1. The molecule has 1 amide bonds. The number of nitrogens with zero attached hydrogens (tertiary/aromatic N) is 6. The summed E-state index contributed by atoms with van der Waals surface area (Å²) in [4.78, 5) is 28.2. The van der Waals surface area contributed by atoms with Gasteiger partial charge < -0.3 is 19.0 Å². The zero-order valence-corrected chi connectivity index (χ0v) is 19.1. The summed E-state index contributed by atoms with van der Waals surface area (Å²) in [7, 11) is 0. The van der Waals surface area contributed by atoms with Gasteiger partial charge in [0, 0.05) is 56.5 Å². The number of aliphatic hydroxyl groups excluding tert-OH is 1. The molecule has 0 unspecified atom stereocenters. The highest BCUT2D eigenvalue weighted by Crippen LogP contribution is 2.24. The van der Waals surface area contributed by atoms with Crippen LogP contribution >= 0.6 is 0 Å². The lowest BCUT2D eigenvalue weighted by Gasteiger charge is -2.17. The van der Waals surface area contributed by atoms with E-state index in [4.69, 9.17) is 4.98 Å². The molecule has 1 aliphatic heterocycles. The molecule has 8 heteroatoms. The molecule has 1 N–H and O–H groups in total. The van der Waals surface area contributed by atoms with Crippen LogP contribution in [0.1, 0.15) is 44.1 Å². The van der Waals surface area contributed by atoms with Crippen molar-refractivity contribution in [1.82, 2.24) is 28.8 Å². The minimum absolute atomic E-state index is 0.00689. The number of benzene rings is 1. The van der Waals surface area contributed by atoms with Crippen LogP contribution in [0.2, 0.25) is 0 Å². The standard InChI is InChI=1S/C25H30N6O2/c1-17(2)25-28-20-6-3-4-7-21(20)31(25)10-5-8-24(33)30-14-18(22(32)16-30)12-19-15-29-11-9-26-23(29)13-27-19/h3-4,6-7,9,11,13,15,17-18,22,32H,5,8,10,12,14,16H2,1-2H3/t18-,22+/m0/s1. The van der Waals surface area contributed by atoms with Crippen molar-refractivity contribution in [2.75, 3.05) is 13.1 Å². The molecule has 0 bridgehead atoms. The third kappa shape index (κ3) is 4.35. The van der Waals surface area contributed by atoms with Crippen molar-refractivity contribution in [2.45, 2.75) is 51.7 Å². The summed E-state index contributed by atoms with van der Waals surface area (Å²) in [6.07, 6.45) is 8.62. The second-order valence-electron chi connectivity index (χ2n) is 9.27. The monoisotopic (exact) mass is 446 g/mol. The van der Waals surface area contributed by atoms with Crippen molar-refractivity contribution in [3.8, 4) is 0 Å². The van der Waals surface area contributed by atoms with Crippen LogP contribution in [-0.2, 0) is 17.8 Å². The number of aliphatic hydroxyl groups is 1. The highest BCUT2D eigenvalue weighted by molar-refractivity contribution is 5.77. The maximum Gasteiger partial charge on any atom is 0.222 e. The molecule has 0 aliphatic carbocycles. The van der Waals surface area contributed by atoms with Crippen LogP contribution in [0.3, 0.4) is 0 Å². The van der Waals surface area contributed by atoms with Crippen LogP contribution in [0, 0.1) is 5.92 Å². The van der Waals surface area contributed by atoms with Gasteiger partial charge in [0.15, 0.2) is 5.65 Å². The Morgan fingerprint density at radius 1 is 1.21 bits per heavy atom. The van der Waals surface area contributed by atoms with E-state index in [2.05, 4.69) is 34.4 Å². The summed E-state index contributed by atoms with van der Waals surface area (Å²) in [6, 6.07) is 8.16. The zero-order chi connectivity index (χ0) is 22.9. The number of carbonyl (C=O) groups is 1. The third-order valence-corrected chi connectivity index (χ3v) is 6.54. The summed E-state index contributed by atoms with van der Waals surface area (Å²) in [5.74, 6) is 1.47. The van der Waals surface area contributed by atoms with Crippen LogP contribution in [0.25, 0.3) is 16.7 Å². The predicted octanol–water partition coefficient (Wildman–Crippen LogP) is 3.04. The van der Waals surface area contributed by atoms with E-state index < -0.39 is 6.10 Å². The minimum Gasteiger partial charge on any atom is -0.391 e. The average Bonchev–Trinajstić information content (AvgIpc) is 3.51. The van der Waals surface area contributed by atoms with E-state index in [0.29, 0.717) is 31.8 Å². The Balaban J connectivity index is 1.19. The lowest BCUT2D eigenvalue weighted by Crippen LogP contribution is -2.29. The molecule has 172 valence electrons. The van der Waals surface area contributed by atoms with Crippen LogP contribution in [0.4, 0.5) is 0 Å². The fourth-order valence-electron chi connectivity index (χ4n) is 4.82. The highest BCUT2D eigenvalue weighted by Gasteiger charge is 2.34. The second-order valence-corrected chi connectivity index (χ2v) is 9.27. The summed E-state index contributed by atoms with van der Waals surface area (Å²) in [5, 5.41) is 10.6. The normalized spacial score (nSPS) is 18.7. The van der Waals surface area contributed by atoms with Gasteiger partial charge in [-0.25, -0.2) is 9.97 Å². The number of likely N-dealkylation sites (tertiary alicyclic amines) is 1. The van der Waals surface area contributed by atoms with Crippen molar-refractivity contribution in [3.05, 3.63) is 60.6 Å². The average molecular weight is 447 g/mol. The van der Waals surface area contributed by atoms with Crippen molar-refractivity contribution in [3.63, 3.8) is 0 Å². The number of hydrogen-bond donors (Lipinski definition) is 1. The van der Waals surface area contributed by atoms with Gasteiger partial charge in [-0.3, -0.25) is 9.78 Å². The molecular formula is C25H30N6O2. The molecule has 8 nitrogen and oxygen atoms in total. The molecule has 4 heterocycles. The smallest absolute Gasteiger partial charge is 0.222 e. The van der Waals surface area contributed by atoms with Crippen molar-refractivity contribution in [1.29, 1.82) is 0 Å². The molecular weight excluding hydrogens is 416 g/mol. The SMILES string of the molecule is CC(C)c1nc2ccccc2n1CCCC(=O)N1C[C@H](Cc2cn3ccnc3cn2)[C@H](O)C1. The maximum atomic E-state index is 12.9. The third-order valence-electron chi connectivity index (χ3n) is 6.54. The Kier molecular flexibility index (Phi) is 5.85. The molecule has 0 spiro atoms. The predicted molar refractivity (Wildman–Crippen MR) is 126 cm³/mol. The molecule has 0 saturated carbocycles. The van der Waals surface area contributed by atoms with Crippen LogP contribution < -0.4 is 0 Å². The number of aryl methyl sites for hydroxylation is 1. The number of β-amino-alcohol motifs (C(OH)–C–C–N with tert-alkyl or cyclic N) is 1. The van der Waals surface area contributed by atoms with E-state index in [1.165, 1.54) is 0 Å². The van der Waals surface area contributed by atoms with E-state index in [1.807, 2.05) is 35.0 Å². The minimum atomic E-state index is -0.528. The number of amides is 1. The Morgan fingerprint density at radius 2 is 2.06 bits per heavy atom. The van der Waals surface area contributed by atoms with Crippen molar-refractivity contribution in [2.24, 2.45) is 5.92 Å². The fraction of sp³-hybridized carbons (Fsp3) is 0.440. The first-order chi connectivity index (χ1) is 16.0. The number of aromatic nitrogens is 5. The molecule has 1 saturated heterocycles. The summed E-state index contributed by atoms with van der Waals surface area (Å²) < 4.78 is 4.17. The highest BCUT2D eigenvalue weighted by atomic mass is 16.3. The molecule has 0 radical (unpaired) electrons. The Labute approximate surface area is 192 Å². The Bertz CT molecular complexity index is 1280. The van der Waals surface area contributed by atoms with E-state index in [-0.39, 0.29) is 11.8 Å². The first-order valence-corrected chi connectivity index (χ1v) is 11.7. The quantitative estimate of drug-likeness (QED) is 0.471. The van der Waals surface area contributed by atoms with Crippen LogP contribution in [-0.4, -0.2) is 59.0 Å². The second kappa shape index (κ2) is 8.94. The molecule has 33 heavy (non-hydrogen) atoms. The van der Waals surface area contributed by atoms with E-state index in [0.717, 1.165) is 41.2 Å². The van der Waals surface area contributed by atoms with E-state index in [1.54, 1.807) is 17.3 Å². The van der Waals surface area contributed by atoms with Gasteiger partial charge in [0.25, 0.3) is 0 Å². The van der Waals surface area contributed by atoms with Crippen molar-refractivity contribution >= 4 is 22.6 Å². The van der Waals surface area contributed by atoms with Crippen LogP contribution in [0.15, 0.2) is 49.1 Å². The van der Waals surface area contributed by atoms with Crippen molar-refractivity contribution < 1.29 is 9.90 Å². The maximum absolute atomic E-state index is 12.9. The molecule has 4 aromatic rings. The van der Waals surface area contributed by atoms with E-state index in [9.17, 15) is 9.90 Å². The van der Waals surface area contributed by atoms with Gasteiger partial charge in [-0.05, 0) is 25.0 Å². The number of para-hydroxylation sites is 2. The molecule has 1 aliphatic rings. The Hall–Kier alpha value is -3.26.